The maximum Gasteiger partial charge on any atom is 0.181 e. The van der Waals surface area contributed by atoms with Gasteiger partial charge in [0.2, 0.25) is 0 Å². The Kier molecular flexibility index (Phi) is 2.96. The molecule has 0 aliphatic carbocycles. The third kappa shape index (κ3) is 1.84. The number of rotatable bonds is 3. The van der Waals surface area contributed by atoms with Crippen LogP contribution in [0.5, 0.6) is 0 Å². The summed E-state index contributed by atoms with van der Waals surface area (Å²) in [6.45, 7) is 5.26. The van der Waals surface area contributed by atoms with Crippen LogP contribution in [0.3, 0.4) is 0 Å². The minimum atomic E-state index is 0.706. The van der Waals surface area contributed by atoms with Crippen LogP contribution in [0.1, 0.15) is 19.0 Å². The Hall–Kier alpha value is -2.62. The zero-order valence-corrected chi connectivity index (χ0v) is 12.7. The van der Waals surface area contributed by atoms with Gasteiger partial charge >= 0.3 is 0 Å². The highest BCUT2D eigenvalue weighted by Crippen LogP contribution is 2.33. The molecule has 22 heavy (non-hydrogen) atoms. The molecule has 0 amide bonds. The van der Waals surface area contributed by atoms with Gasteiger partial charge in [-0.3, -0.25) is 0 Å². The SMILES string of the molecule is CCCn1c2ccccc2c2cc(-c3cnco3)nc(C)c21. The molecule has 4 nitrogen and oxygen atoms in total. The van der Waals surface area contributed by atoms with E-state index in [-0.39, 0.29) is 0 Å². The molecule has 0 saturated heterocycles. The second kappa shape index (κ2) is 4.98. The Morgan fingerprint density at radius 3 is 2.82 bits per heavy atom. The highest BCUT2D eigenvalue weighted by Gasteiger charge is 2.15. The molecule has 0 spiro atoms. The van der Waals surface area contributed by atoms with Gasteiger partial charge < -0.3 is 8.98 Å². The Morgan fingerprint density at radius 2 is 2.05 bits per heavy atom. The summed E-state index contributed by atoms with van der Waals surface area (Å²) in [5.41, 5.74) is 4.33. The average Bonchev–Trinajstić information content (AvgIpc) is 3.16. The van der Waals surface area contributed by atoms with Crippen LogP contribution in [0.15, 0.2) is 47.3 Å². The van der Waals surface area contributed by atoms with Crippen molar-refractivity contribution in [3.8, 4) is 11.5 Å². The lowest BCUT2D eigenvalue weighted by Gasteiger charge is -2.07. The molecule has 0 aliphatic rings. The third-order valence-electron chi connectivity index (χ3n) is 4.05. The van der Waals surface area contributed by atoms with Crippen molar-refractivity contribution in [3.63, 3.8) is 0 Å². The van der Waals surface area contributed by atoms with E-state index in [9.17, 15) is 0 Å². The first kappa shape index (κ1) is 13.1. The molecule has 0 bridgehead atoms. The molecule has 3 heterocycles. The summed E-state index contributed by atoms with van der Waals surface area (Å²) in [6.07, 6.45) is 4.24. The first-order chi connectivity index (χ1) is 10.8. The van der Waals surface area contributed by atoms with Crippen molar-refractivity contribution in [2.75, 3.05) is 0 Å². The number of para-hydroxylation sites is 1. The van der Waals surface area contributed by atoms with Gasteiger partial charge in [0.1, 0.15) is 5.69 Å². The van der Waals surface area contributed by atoms with E-state index in [2.05, 4.69) is 53.7 Å². The number of benzene rings is 1. The van der Waals surface area contributed by atoms with Gasteiger partial charge in [-0.1, -0.05) is 25.1 Å². The van der Waals surface area contributed by atoms with Crippen molar-refractivity contribution in [2.24, 2.45) is 0 Å². The van der Waals surface area contributed by atoms with Gasteiger partial charge in [0, 0.05) is 22.8 Å². The summed E-state index contributed by atoms with van der Waals surface area (Å²) >= 11 is 0. The summed E-state index contributed by atoms with van der Waals surface area (Å²) in [7, 11) is 0. The number of aromatic nitrogens is 3. The lowest BCUT2D eigenvalue weighted by Crippen LogP contribution is -1.99. The summed E-state index contributed by atoms with van der Waals surface area (Å²) in [5.74, 6) is 0.706. The fourth-order valence-corrected chi connectivity index (χ4v) is 3.19. The normalized spacial score (nSPS) is 11.5. The number of aryl methyl sites for hydroxylation is 2. The van der Waals surface area contributed by atoms with Crippen LogP contribution in [-0.2, 0) is 6.54 Å². The highest BCUT2D eigenvalue weighted by atomic mass is 16.3. The van der Waals surface area contributed by atoms with Gasteiger partial charge in [-0.2, -0.15) is 0 Å². The van der Waals surface area contributed by atoms with Crippen LogP contribution in [0, 0.1) is 6.92 Å². The topological polar surface area (TPSA) is 43.9 Å². The monoisotopic (exact) mass is 291 g/mol. The van der Waals surface area contributed by atoms with Crippen LogP contribution in [0.4, 0.5) is 0 Å². The predicted octanol–water partition coefficient (Wildman–Crippen LogP) is 4.56. The van der Waals surface area contributed by atoms with Gasteiger partial charge in [-0.25, -0.2) is 9.97 Å². The van der Waals surface area contributed by atoms with Gasteiger partial charge in [0.05, 0.1) is 17.4 Å². The van der Waals surface area contributed by atoms with Crippen LogP contribution >= 0.6 is 0 Å². The molecule has 4 aromatic rings. The lowest BCUT2D eigenvalue weighted by molar-refractivity contribution is 0.570. The van der Waals surface area contributed by atoms with Gasteiger partial charge in [0.25, 0.3) is 0 Å². The molecule has 4 heteroatoms. The molecule has 3 aromatic heterocycles. The largest absolute Gasteiger partial charge is 0.442 e. The molecule has 0 saturated carbocycles. The molecule has 110 valence electrons. The molecule has 0 aliphatic heterocycles. The Balaban J connectivity index is 2.11. The predicted molar refractivity (Wildman–Crippen MR) is 87.8 cm³/mol. The molecule has 0 atom stereocenters. The zero-order valence-electron chi connectivity index (χ0n) is 12.7. The number of pyridine rings is 1. The van der Waals surface area contributed by atoms with Crippen molar-refractivity contribution in [1.82, 2.24) is 14.5 Å². The van der Waals surface area contributed by atoms with Crippen LogP contribution in [0.25, 0.3) is 33.3 Å². The van der Waals surface area contributed by atoms with E-state index in [0.29, 0.717) is 5.76 Å². The first-order valence-corrected chi connectivity index (χ1v) is 7.57. The highest BCUT2D eigenvalue weighted by molar-refractivity contribution is 6.09. The van der Waals surface area contributed by atoms with E-state index in [1.54, 1.807) is 6.20 Å². The fraction of sp³-hybridized carbons (Fsp3) is 0.222. The molecular formula is C18H17N3O. The average molecular weight is 291 g/mol. The maximum absolute atomic E-state index is 5.41. The number of fused-ring (bicyclic) bond motifs is 3. The standard InChI is InChI=1S/C18H17N3O/c1-3-8-21-16-7-5-4-6-13(16)14-9-15(17-10-19-11-22-17)20-12(2)18(14)21/h4-7,9-11H,3,8H2,1-2H3. The number of hydrogen-bond acceptors (Lipinski definition) is 3. The van der Waals surface area contributed by atoms with Crippen molar-refractivity contribution in [1.29, 1.82) is 0 Å². The number of oxazole rings is 1. The molecule has 0 N–H and O–H groups in total. The van der Waals surface area contributed by atoms with Crippen LogP contribution in [-0.4, -0.2) is 14.5 Å². The van der Waals surface area contributed by atoms with Gasteiger partial charge in [-0.05, 0) is 25.5 Å². The minimum Gasteiger partial charge on any atom is -0.442 e. The summed E-state index contributed by atoms with van der Waals surface area (Å²) in [4.78, 5) is 8.72. The van der Waals surface area contributed by atoms with E-state index >= 15 is 0 Å². The first-order valence-electron chi connectivity index (χ1n) is 7.57. The Bertz CT molecular complexity index is 951. The molecular weight excluding hydrogens is 274 g/mol. The summed E-state index contributed by atoms with van der Waals surface area (Å²) < 4.78 is 7.78. The van der Waals surface area contributed by atoms with E-state index in [0.717, 1.165) is 24.4 Å². The van der Waals surface area contributed by atoms with Gasteiger partial charge in [0.15, 0.2) is 12.2 Å². The maximum atomic E-state index is 5.41. The van der Waals surface area contributed by atoms with Crippen molar-refractivity contribution >= 4 is 21.8 Å². The molecule has 0 radical (unpaired) electrons. The Labute approximate surface area is 128 Å². The van der Waals surface area contributed by atoms with E-state index in [4.69, 9.17) is 9.40 Å². The smallest absolute Gasteiger partial charge is 0.181 e. The lowest BCUT2D eigenvalue weighted by atomic mass is 10.1. The molecule has 0 unspecified atom stereocenters. The molecule has 1 aromatic carbocycles. The van der Waals surface area contributed by atoms with E-state index in [1.807, 2.05) is 0 Å². The van der Waals surface area contributed by atoms with Crippen LogP contribution < -0.4 is 0 Å². The van der Waals surface area contributed by atoms with E-state index in [1.165, 1.54) is 28.2 Å². The molecule has 0 fully saturated rings. The quantitative estimate of drug-likeness (QED) is 0.555. The van der Waals surface area contributed by atoms with Crippen LogP contribution in [0.2, 0.25) is 0 Å². The number of nitrogens with zero attached hydrogens (tertiary/aromatic N) is 3. The fourth-order valence-electron chi connectivity index (χ4n) is 3.19. The van der Waals surface area contributed by atoms with Crippen molar-refractivity contribution < 1.29 is 4.42 Å². The summed E-state index contributed by atoms with van der Waals surface area (Å²) in [6, 6.07) is 10.6. The molecule has 4 rings (SSSR count). The Morgan fingerprint density at radius 1 is 1.18 bits per heavy atom. The van der Waals surface area contributed by atoms with Crippen molar-refractivity contribution in [2.45, 2.75) is 26.8 Å². The van der Waals surface area contributed by atoms with Crippen molar-refractivity contribution in [3.05, 3.63) is 48.6 Å². The van der Waals surface area contributed by atoms with E-state index < -0.39 is 0 Å². The zero-order chi connectivity index (χ0) is 15.1. The van der Waals surface area contributed by atoms with Gasteiger partial charge in [-0.15, -0.1) is 0 Å². The second-order valence-electron chi connectivity index (χ2n) is 5.52. The number of hydrogen-bond donors (Lipinski definition) is 0. The minimum absolute atomic E-state index is 0.706. The third-order valence-corrected chi connectivity index (χ3v) is 4.05. The summed E-state index contributed by atoms with van der Waals surface area (Å²) in [5, 5.41) is 2.49. The second-order valence-corrected chi connectivity index (χ2v) is 5.52.